The molecule has 0 N–H and O–H groups in total. The first-order valence-electron chi connectivity index (χ1n) is 23.9. The van der Waals surface area contributed by atoms with Crippen molar-refractivity contribution < 1.29 is 0 Å². The summed E-state index contributed by atoms with van der Waals surface area (Å²) in [5, 5.41) is 27.2. The molecule has 0 amide bonds. The first-order valence-corrected chi connectivity index (χ1v) is 25.9. The van der Waals surface area contributed by atoms with Crippen LogP contribution in [-0.2, 0) is 0 Å². The van der Waals surface area contributed by atoms with E-state index in [9.17, 15) is 10.5 Å². The smallest absolute Gasteiger partial charge is 0.179 e. The number of hydrogen-bond donors (Lipinski definition) is 0. The molecule has 7 heteroatoms. The SMILES string of the molecule is N#Cc1ccc(-c2ccc3c4ccccc4n(-c4ccc(-c5cccc([Si](c6ccccc6)(c6ccccc6)c6ccccc6)c5)c(-c5nc(-c6ccccc6)nc(-c6ccccc6)n5)c4)c3c2)c(C#N)c1. The normalized spacial score (nSPS) is 11.3. The molecule has 2 heterocycles. The Morgan fingerprint density at radius 3 is 1.43 bits per heavy atom. The van der Waals surface area contributed by atoms with E-state index in [1.54, 1.807) is 12.1 Å². The van der Waals surface area contributed by atoms with E-state index in [4.69, 9.17) is 15.0 Å². The number of hydrogen-bond acceptors (Lipinski definition) is 5. The zero-order valence-corrected chi connectivity index (χ0v) is 39.9. The lowest BCUT2D eigenvalue weighted by Crippen LogP contribution is -2.74. The third-order valence-corrected chi connectivity index (χ3v) is 18.5. The lowest BCUT2D eigenvalue weighted by molar-refractivity contribution is 1.07. The highest BCUT2D eigenvalue weighted by atomic mass is 28.3. The molecule has 0 aliphatic carbocycles. The van der Waals surface area contributed by atoms with Gasteiger partial charge in [-0.25, -0.2) is 15.0 Å². The van der Waals surface area contributed by atoms with Crippen molar-refractivity contribution >= 4 is 50.6 Å². The van der Waals surface area contributed by atoms with E-state index in [0.29, 0.717) is 28.6 Å². The van der Waals surface area contributed by atoms with Crippen molar-refractivity contribution in [3.8, 4) is 74.2 Å². The average Bonchev–Trinajstić information content (AvgIpc) is 3.80. The quantitative estimate of drug-likeness (QED) is 0.101. The highest BCUT2D eigenvalue weighted by Gasteiger charge is 2.41. The number of para-hydroxylation sites is 1. The second-order valence-electron chi connectivity index (χ2n) is 17.8. The van der Waals surface area contributed by atoms with E-state index < -0.39 is 8.07 Å². The van der Waals surface area contributed by atoms with Gasteiger partial charge in [-0.2, -0.15) is 10.5 Å². The molecule has 0 saturated heterocycles. The van der Waals surface area contributed by atoms with Gasteiger partial charge >= 0.3 is 0 Å². The Hall–Kier alpha value is -9.79. The van der Waals surface area contributed by atoms with Gasteiger partial charge in [0.1, 0.15) is 0 Å². The third-order valence-electron chi connectivity index (χ3n) is 13.7. The van der Waals surface area contributed by atoms with Gasteiger partial charge in [0.05, 0.1) is 34.3 Å². The highest BCUT2D eigenvalue weighted by Crippen LogP contribution is 2.39. The van der Waals surface area contributed by atoms with Gasteiger partial charge in [-0.15, -0.1) is 0 Å². The van der Waals surface area contributed by atoms with Crippen LogP contribution in [0.15, 0.2) is 255 Å². The predicted molar refractivity (Wildman–Crippen MR) is 294 cm³/mol. The summed E-state index contributed by atoms with van der Waals surface area (Å²) in [6, 6.07) is 93.5. The molecular formula is C65H42N6Si. The fourth-order valence-corrected chi connectivity index (χ4v) is 15.2. The first-order chi connectivity index (χ1) is 35.6. The van der Waals surface area contributed by atoms with Gasteiger partial charge in [-0.3, -0.25) is 0 Å². The summed E-state index contributed by atoms with van der Waals surface area (Å²) >= 11 is 0. The maximum absolute atomic E-state index is 10.3. The van der Waals surface area contributed by atoms with Crippen molar-refractivity contribution in [3.05, 3.63) is 266 Å². The number of aromatic nitrogens is 4. The van der Waals surface area contributed by atoms with E-state index >= 15 is 0 Å². The summed E-state index contributed by atoms with van der Waals surface area (Å²) < 4.78 is 2.29. The second-order valence-corrected chi connectivity index (χ2v) is 21.6. The third kappa shape index (κ3) is 7.64. The number of benzene rings is 10. The number of rotatable bonds is 10. The van der Waals surface area contributed by atoms with E-state index in [1.165, 1.54) is 20.7 Å². The molecule has 0 aliphatic rings. The van der Waals surface area contributed by atoms with Crippen molar-refractivity contribution in [3.63, 3.8) is 0 Å². The van der Waals surface area contributed by atoms with Crippen LogP contribution in [0.1, 0.15) is 11.1 Å². The van der Waals surface area contributed by atoms with Gasteiger partial charge in [-0.1, -0.05) is 218 Å². The zero-order chi connectivity index (χ0) is 48.4. The van der Waals surface area contributed by atoms with Crippen LogP contribution in [0.25, 0.3) is 83.9 Å². The Labute approximate surface area is 418 Å². The lowest BCUT2D eigenvalue weighted by atomic mass is 9.97. The van der Waals surface area contributed by atoms with Crippen LogP contribution in [0, 0.1) is 22.7 Å². The number of fused-ring (bicyclic) bond motifs is 3. The van der Waals surface area contributed by atoms with Crippen molar-refractivity contribution in [2.75, 3.05) is 0 Å². The molecule has 72 heavy (non-hydrogen) atoms. The Kier molecular flexibility index (Phi) is 11.2. The Morgan fingerprint density at radius 1 is 0.333 bits per heavy atom. The summed E-state index contributed by atoms with van der Waals surface area (Å²) in [5.74, 6) is 1.69. The van der Waals surface area contributed by atoms with Crippen LogP contribution in [0.5, 0.6) is 0 Å². The molecule has 0 bridgehead atoms. The molecule has 10 aromatic carbocycles. The van der Waals surface area contributed by atoms with Crippen LogP contribution in [0.3, 0.4) is 0 Å². The van der Waals surface area contributed by atoms with Gasteiger partial charge in [0.2, 0.25) is 0 Å². The zero-order valence-electron chi connectivity index (χ0n) is 38.9. The maximum Gasteiger partial charge on any atom is 0.179 e. The molecular weight excluding hydrogens is 893 g/mol. The average molecular weight is 935 g/mol. The number of nitrogens with zero attached hydrogens (tertiary/aromatic N) is 6. The van der Waals surface area contributed by atoms with Crippen LogP contribution < -0.4 is 20.7 Å². The fraction of sp³-hybridized carbons (Fsp3) is 0. The topological polar surface area (TPSA) is 91.2 Å². The molecule has 0 spiro atoms. The molecule has 6 nitrogen and oxygen atoms in total. The minimum Gasteiger partial charge on any atom is -0.309 e. The van der Waals surface area contributed by atoms with Gasteiger partial charge in [-0.05, 0) is 79.4 Å². The summed E-state index contributed by atoms with van der Waals surface area (Å²) in [6.45, 7) is 0. The number of nitriles is 2. The van der Waals surface area contributed by atoms with Crippen LogP contribution in [0.4, 0.5) is 0 Å². The molecule has 12 rings (SSSR count). The summed E-state index contributed by atoms with van der Waals surface area (Å²) in [6.07, 6.45) is 0. The first kappa shape index (κ1) is 43.5. The standard InChI is InChI=1S/C65H42N6Si/c66-43-45-33-36-56(50(39-45)44-67)49-34-37-59-58-31-16-17-32-61(58)71(62(59)41-49)51-35-38-57(60(42-51)65-69-63(46-19-6-1-7-20-46)68-64(70-65)47-21-8-2-9-22-47)48-23-18-30-55(40-48)72(52-24-10-3-11-25-52,53-26-12-4-13-27-53)54-28-14-5-15-29-54/h1-42H. The minimum absolute atomic E-state index is 0.445. The molecule has 0 saturated carbocycles. The Balaban J connectivity index is 1.14. The van der Waals surface area contributed by atoms with E-state index in [-0.39, 0.29) is 0 Å². The molecule has 12 aromatic rings. The highest BCUT2D eigenvalue weighted by molar-refractivity contribution is 7.19. The second kappa shape index (κ2) is 18.6. The summed E-state index contributed by atoms with van der Waals surface area (Å²) in [5.41, 5.74) is 10.1. The maximum atomic E-state index is 10.3. The van der Waals surface area contributed by atoms with Crippen LogP contribution in [-0.4, -0.2) is 27.6 Å². The Bertz CT molecular complexity index is 3900. The lowest BCUT2D eigenvalue weighted by Gasteiger charge is -2.34. The summed E-state index contributed by atoms with van der Waals surface area (Å²) in [4.78, 5) is 15.8. The van der Waals surface area contributed by atoms with Gasteiger partial charge in [0.25, 0.3) is 0 Å². The van der Waals surface area contributed by atoms with Gasteiger partial charge in [0.15, 0.2) is 25.5 Å². The van der Waals surface area contributed by atoms with Crippen molar-refractivity contribution in [2.24, 2.45) is 0 Å². The van der Waals surface area contributed by atoms with Gasteiger partial charge < -0.3 is 4.57 Å². The molecule has 2 aromatic heterocycles. The molecule has 0 radical (unpaired) electrons. The Morgan fingerprint density at radius 2 is 0.833 bits per heavy atom. The summed E-state index contributed by atoms with van der Waals surface area (Å²) in [7, 11) is -2.91. The van der Waals surface area contributed by atoms with Crippen LogP contribution in [0.2, 0.25) is 0 Å². The largest absolute Gasteiger partial charge is 0.309 e. The van der Waals surface area contributed by atoms with E-state index in [0.717, 1.165) is 66.4 Å². The molecule has 0 atom stereocenters. The molecule has 0 aliphatic heterocycles. The van der Waals surface area contributed by atoms with Crippen LogP contribution >= 0.6 is 0 Å². The molecule has 0 unspecified atom stereocenters. The van der Waals surface area contributed by atoms with E-state index in [2.05, 4.69) is 193 Å². The van der Waals surface area contributed by atoms with Crippen molar-refractivity contribution in [1.82, 2.24) is 19.5 Å². The van der Waals surface area contributed by atoms with E-state index in [1.807, 2.05) is 66.7 Å². The van der Waals surface area contributed by atoms with Crippen molar-refractivity contribution in [2.45, 2.75) is 0 Å². The van der Waals surface area contributed by atoms with Gasteiger partial charge in [0, 0.05) is 33.2 Å². The monoisotopic (exact) mass is 934 g/mol. The minimum atomic E-state index is -2.91. The fourth-order valence-electron chi connectivity index (χ4n) is 10.4. The van der Waals surface area contributed by atoms with Crippen molar-refractivity contribution in [1.29, 1.82) is 10.5 Å². The molecule has 336 valence electrons. The molecule has 0 fully saturated rings. The predicted octanol–water partition coefficient (Wildman–Crippen LogP) is 12.4.